The zero-order chi connectivity index (χ0) is 18.1. The first-order valence-electron chi connectivity index (χ1n) is 7.65. The maximum absolute atomic E-state index is 6.32. The number of benzene rings is 1. The van der Waals surface area contributed by atoms with Crippen LogP contribution >= 0.6 is 57.7 Å². The molecule has 0 radical (unpaired) electrons. The molecule has 26 heavy (non-hydrogen) atoms. The van der Waals surface area contributed by atoms with Crippen molar-refractivity contribution >= 4 is 67.8 Å². The monoisotopic (exact) mass is 443 g/mol. The summed E-state index contributed by atoms with van der Waals surface area (Å²) in [6.07, 6.45) is 5.07. The first kappa shape index (κ1) is 18.2. The summed E-state index contributed by atoms with van der Waals surface area (Å²) < 4.78 is 13.5. The lowest BCUT2D eigenvalue weighted by atomic mass is 10.2. The van der Waals surface area contributed by atoms with Crippen LogP contribution in [0.2, 0.25) is 15.2 Å². The van der Waals surface area contributed by atoms with E-state index in [2.05, 4.69) is 14.7 Å². The zero-order valence-corrected chi connectivity index (χ0v) is 17.1. The Morgan fingerprint density at radius 3 is 2.85 bits per heavy atom. The Bertz CT molecular complexity index is 1030. The molecule has 0 aliphatic carbocycles. The Kier molecular flexibility index (Phi) is 5.50. The Hall–Kier alpha value is -1.15. The van der Waals surface area contributed by atoms with Crippen molar-refractivity contribution in [3.63, 3.8) is 0 Å². The number of hydrogen-bond acceptors (Lipinski definition) is 5. The Morgan fingerprint density at radius 2 is 2.12 bits per heavy atom. The van der Waals surface area contributed by atoms with E-state index in [-0.39, 0.29) is 6.10 Å². The van der Waals surface area contributed by atoms with Crippen molar-refractivity contribution in [3.05, 3.63) is 67.9 Å². The van der Waals surface area contributed by atoms with Crippen LogP contribution in [0, 0.1) is 0 Å². The van der Waals surface area contributed by atoms with E-state index in [0.717, 1.165) is 15.8 Å². The fourth-order valence-electron chi connectivity index (χ4n) is 2.62. The molecule has 0 aliphatic rings. The van der Waals surface area contributed by atoms with Crippen LogP contribution in [0.15, 0.2) is 42.3 Å². The van der Waals surface area contributed by atoms with Crippen molar-refractivity contribution in [3.8, 4) is 0 Å². The first-order chi connectivity index (χ1) is 12.6. The normalized spacial score (nSPS) is 12.7. The van der Waals surface area contributed by atoms with Gasteiger partial charge in [-0.25, -0.2) is 4.98 Å². The first-order valence-corrected chi connectivity index (χ1v) is 10.4. The molecule has 1 atom stereocenters. The smallest absolute Gasteiger partial charge is 0.161 e. The third kappa shape index (κ3) is 3.76. The highest BCUT2D eigenvalue weighted by atomic mass is 35.5. The molecular formula is C17H12Cl3N3OS2. The van der Waals surface area contributed by atoms with Crippen molar-refractivity contribution in [2.75, 3.05) is 0 Å². The molecule has 134 valence electrons. The van der Waals surface area contributed by atoms with E-state index in [4.69, 9.17) is 39.5 Å². The van der Waals surface area contributed by atoms with Gasteiger partial charge in [0, 0.05) is 22.1 Å². The minimum absolute atomic E-state index is 0.282. The summed E-state index contributed by atoms with van der Waals surface area (Å²) in [5.74, 6) is 0. The van der Waals surface area contributed by atoms with Gasteiger partial charge >= 0.3 is 0 Å². The van der Waals surface area contributed by atoms with Crippen molar-refractivity contribution in [2.24, 2.45) is 0 Å². The van der Waals surface area contributed by atoms with E-state index < -0.39 is 0 Å². The minimum Gasteiger partial charge on any atom is -0.366 e. The van der Waals surface area contributed by atoms with Crippen LogP contribution in [0.5, 0.6) is 0 Å². The molecular weight excluding hydrogens is 433 g/mol. The topological polar surface area (TPSA) is 39.9 Å². The molecule has 3 aromatic heterocycles. The van der Waals surface area contributed by atoms with Crippen molar-refractivity contribution < 1.29 is 4.74 Å². The highest BCUT2D eigenvalue weighted by molar-refractivity contribution is 7.17. The highest BCUT2D eigenvalue weighted by Crippen LogP contribution is 2.37. The molecule has 3 heterocycles. The van der Waals surface area contributed by atoms with Gasteiger partial charge in [0.2, 0.25) is 0 Å². The standard InChI is InChI=1S/C17H12Cl3N3OS2/c18-11-1-2-14-12(5-11)10(8-25-14)7-24-13(6-23-4-3-21-9-23)16-15(19)17(20)22-26-16/h1-5,8-9,13H,6-7H2/t13-/m1/s1. The summed E-state index contributed by atoms with van der Waals surface area (Å²) in [6, 6.07) is 5.88. The third-order valence-corrected chi connectivity index (χ3v) is 7.06. The van der Waals surface area contributed by atoms with Gasteiger partial charge < -0.3 is 9.30 Å². The van der Waals surface area contributed by atoms with Gasteiger partial charge in [-0.3, -0.25) is 0 Å². The third-order valence-electron chi connectivity index (χ3n) is 3.91. The summed E-state index contributed by atoms with van der Waals surface area (Å²) in [4.78, 5) is 4.89. The summed E-state index contributed by atoms with van der Waals surface area (Å²) >= 11 is 21.4. The molecule has 4 nitrogen and oxygen atoms in total. The highest BCUT2D eigenvalue weighted by Gasteiger charge is 2.22. The van der Waals surface area contributed by atoms with Gasteiger partial charge in [-0.1, -0.05) is 34.8 Å². The number of ether oxygens (including phenoxy) is 1. The van der Waals surface area contributed by atoms with Crippen LogP contribution in [0.4, 0.5) is 0 Å². The lowest BCUT2D eigenvalue weighted by Crippen LogP contribution is -2.11. The lowest BCUT2D eigenvalue weighted by Gasteiger charge is -2.17. The minimum atomic E-state index is -0.282. The van der Waals surface area contributed by atoms with Crippen LogP contribution in [0.3, 0.4) is 0 Å². The summed E-state index contributed by atoms with van der Waals surface area (Å²) in [6.45, 7) is 1.01. The van der Waals surface area contributed by atoms with E-state index in [9.17, 15) is 0 Å². The van der Waals surface area contributed by atoms with Crippen molar-refractivity contribution in [2.45, 2.75) is 19.3 Å². The predicted octanol–water partition coefficient (Wildman–Crippen LogP) is 6.47. The molecule has 0 aliphatic heterocycles. The lowest BCUT2D eigenvalue weighted by molar-refractivity contribution is 0.0311. The molecule has 0 amide bonds. The molecule has 4 aromatic rings. The largest absolute Gasteiger partial charge is 0.366 e. The second-order valence-electron chi connectivity index (χ2n) is 5.61. The van der Waals surface area contributed by atoms with Crippen LogP contribution in [0.25, 0.3) is 10.1 Å². The molecule has 0 unspecified atom stereocenters. The maximum Gasteiger partial charge on any atom is 0.161 e. The number of imidazole rings is 1. The van der Waals surface area contributed by atoms with E-state index in [0.29, 0.717) is 28.4 Å². The molecule has 0 spiro atoms. The number of rotatable bonds is 6. The molecule has 9 heteroatoms. The van der Waals surface area contributed by atoms with E-state index in [1.807, 2.05) is 29.0 Å². The van der Waals surface area contributed by atoms with Crippen LogP contribution in [0.1, 0.15) is 16.5 Å². The quantitative estimate of drug-likeness (QED) is 0.342. The maximum atomic E-state index is 6.32. The van der Waals surface area contributed by atoms with Gasteiger partial charge in [0.15, 0.2) is 5.15 Å². The summed E-state index contributed by atoms with van der Waals surface area (Å²) in [5, 5.41) is 4.66. The SMILES string of the molecule is Clc1ccc2scc(CO[C@H](Cn3ccnc3)c3snc(Cl)c3Cl)c2c1. The second-order valence-corrected chi connectivity index (χ2v) is 8.50. The van der Waals surface area contributed by atoms with Crippen LogP contribution in [-0.4, -0.2) is 13.9 Å². The Balaban J connectivity index is 1.59. The fraction of sp³-hybridized carbons (Fsp3) is 0.176. The molecule has 0 fully saturated rings. The van der Waals surface area contributed by atoms with Crippen molar-refractivity contribution in [1.82, 2.24) is 13.9 Å². The zero-order valence-electron chi connectivity index (χ0n) is 13.2. The fourth-order valence-corrected chi connectivity index (χ4v) is 5.01. The second kappa shape index (κ2) is 7.84. The van der Waals surface area contributed by atoms with E-state index >= 15 is 0 Å². The van der Waals surface area contributed by atoms with Gasteiger partial charge in [-0.05, 0) is 46.1 Å². The predicted molar refractivity (Wildman–Crippen MR) is 109 cm³/mol. The summed E-state index contributed by atoms with van der Waals surface area (Å²) in [5.41, 5.74) is 1.09. The Morgan fingerprint density at radius 1 is 1.23 bits per heavy atom. The van der Waals surface area contributed by atoms with Gasteiger partial charge in [0.05, 0.1) is 29.4 Å². The number of thiophene rings is 1. The molecule has 4 rings (SSSR count). The molecule has 0 saturated carbocycles. The molecule has 0 bridgehead atoms. The van der Waals surface area contributed by atoms with Gasteiger partial charge in [0.1, 0.15) is 6.10 Å². The average molecular weight is 445 g/mol. The molecule has 1 aromatic carbocycles. The molecule has 0 saturated heterocycles. The number of fused-ring (bicyclic) bond motifs is 1. The molecule has 0 N–H and O–H groups in total. The van der Waals surface area contributed by atoms with Crippen LogP contribution in [-0.2, 0) is 17.9 Å². The van der Waals surface area contributed by atoms with Gasteiger partial charge in [-0.15, -0.1) is 11.3 Å². The number of nitrogens with zero attached hydrogens (tertiary/aromatic N) is 3. The number of aromatic nitrogens is 3. The number of hydrogen-bond donors (Lipinski definition) is 0. The average Bonchev–Trinajstić information content (AvgIpc) is 3.34. The van der Waals surface area contributed by atoms with Gasteiger partial charge in [0.25, 0.3) is 0 Å². The van der Waals surface area contributed by atoms with Crippen LogP contribution < -0.4 is 0 Å². The number of halogens is 3. The van der Waals surface area contributed by atoms with E-state index in [1.165, 1.54) is 16.2 Å². The summed E-state index contributed by atoms with van der Waals surface area (Å²) in [7, 11) is 0. The van der Waals surface area contributed by atoms with Gasteiger partial charge in [-0.2, -0.15) is 4.37 Å². The van der Waals surface area contributed by atoms with E-state index in [1.54, 1.807) is 23.9 Å². The Labute approximate surface area is 173 Å². The van der Waals surface area contributed by atoms with Crippen molar-refractivity contribution in [1.29, 1.82) is 0 Å².